The van der Waals surface area contributed by atoms with E-state index in [1.165, 1.54) is 5.01 Å². The highest BCUT2D eigenvalue weighted by atomic mass is 19.4. The van der Waals surface area contributed by atoms with Crippen molar-refractivity contribution in [1.82, 2.24) is 24.6 Å². The second-order valence-corrected chi connectivity index (χ2v) is 7.65. The molecule has 0 fully saturated rings. The zero-order valence-electron chi connectivity index (χ0n) is 19.4. The van der Waals surface area contributed by atoms with E-state index in [1.54, 1.807) is 29.3 Å². The zero-order valence-corrected chi connectivity index (χ0v) is 19.4. The van der Waals surface area contributed by atoms with Crippen molar-refractivity contribution >= 4 is 29.5 Å². The minimum absolute atomic E-state index is 0.216. The second kappa shape index (κ2) is 11.2. The van der Waals surface area contributed by atoms with Crippen LogP contribution in [0, 0.1) is 11.8 Å². The number of carboxylic acid groups (broad SMARTS) is 1. The predicted octanol–water partition coefficient (Wildman–Crippen LogP) is 4.12. The number of anilines is 1. The highest BCUT2D eigenvalue weighted by Crippen LogP contribution is 2.27. The fraction of sp³-hybridized carbons (Fsp3) is 0.120. The maximum atomic E-state index is 12.8. The zero-order chi connectivity index (χ0) is 27.1. The van der Waals surface area contributed by atoms with Crippen LogP contribution < -0.4 is 5.32 Å². The molecule has 38 heavy (non-hydrogen) atoms. The van der Waals surface area contributed by atoms with E-state index >= 15 is 0 Å². The molecular formula is C25H18F3N7O3. The van der Waals surface area contributed by atoms with E-state index in [1.807, 2.05) is 54.6 Å². The molecule has 4 heterocycles. The van der Waals surface area contributed by atoms with Crippen LogP contribution in [0.2, 0.25) is 0 Å². The number of aromatic nitrogens is 4. The summed E-state index contributed by atoms with van der Waals surface area (Å²) in [5, 5.41) is 19.9. The largest absolute Gasteiger partial charge is 0.490 e. The van der Waals surface area contributed by atoms with E-state index in [2.05, 4.69) is 37.3 Å². The number of aliphatic carboxylic acids is 1. The number of halogens is 3. The second-order valence-electron chi connectivity index (χ2n) is 7.65. The lowest BCUT2D eigenvalue weighted by molar-refractivity contribution is -0.192. The van der Waals surface area contributed by atoms with Gasteiger partial charge in [-0.05, 0) is 48.4 Å². The monoisotopic (exact) mass is 521 g/mol. The number of alkyl halides is 3. The van der Waals surface area contributed by atoms with Gasteiger partial charge in [-0.3, -0.25) is 4.98 Å². The Morgan fingerprint density at radius 1 is 1.03 bits per heavy atom. The number of benzene rings is 1. The molecule has 0 radical (unpaired) electrons. The van der Waals surface area contributed by atoms with Gasteiger partial charge in [0.2, 0.25) is 0 Å². The average Bonchev–Trinajstić information content (AvgIpc) is 3.56. The number of rotatable bonds is 2. The Kier molecular flexibility index (Phi) is 7.62. The first-order valence-corrected chi connectivity index (χ1v) is 11.0. The number of urea groups is 1. The topological polar surface area (TPSA) is 125 Å². The molecule has 5 rings (SSSR count). The lowest BCUT2D eigenvalue weighted by Gasteiger charge is -2.21. The number of amides is 2. The van der Waals surface area contributed by atoms with E-state index in [9.17, 15) is 18.0 Å². The normalized spacial score (nSPS) is 14.3. The van der Waals surface area contributed by atoms with Crippen molar-refractivity contribution in [3.05, 3.63) is 90.1 Å². The average molecular weight is 521 g/mol. The van der Waals surface area contributed by atoms with Crippen LogP contribution in [0.3, 0.4) is 0 Å². The summed E-state index contributed by atoms with van der Waals surface area (Å²) < 4.78 is 33.4. The molecule has 0 spiro atoms. The van der Waals surface area contributed by atoms with Gasteiger partial charge in [0.05, 0.1) is 11.9 Å². The summed E-state index contributed by atoms with van der Waals surface area (Å²) in [4.78, 5) is 30.3. The summed E-state index contributed by atoms with van der Waals surface area (Å²) in [5.41, 5.74) is 3.62. The molecule has 1 aliphatic heterocycles. The van der Waals surface area contributed by atoms with Crippen molar-refractivity contribution in [2.45, 2.75) is 18.6 Å². The van der Waals surface area contributed by atoms with Crippen LogP contribution in [0.25, 0.3) is 5.65 Å². The molecule has 1 aliphatic rings. The Balaban J connectivity index is 0.000000426. The number of carboxylic acids is 1. The highest BCUT2D eigenvalue weighted by Gasteiger charge is 2.38. The molecule has 192 valence electrons. The molecule has 10 nitrogen and oxygen atoms in total. The van der Waals surface area contributed by atoms with Gasteiger partial charge in [-0.1, -0.05) is 18.1 Å². The number of hydrogen-bond donors (Lipinski definition) is 2. The number of carbonyl (C=O) groups excluding carboxylic acids is 1. The number of nitrogens with zero attached hydrogens (tertiary/aromatic N) is 6. The van der Waals surface area contributed by atoms with Crippen molar-refractivity contribution in [3.8, 4) is 11.8 Å². The maximum absolute atomic E-state index is 12.8. The number of hydrazone groups is 1. The van der Waals surface area contributed by atoms with Gasteiger partial charge in [0.1, 0.15) is 11.7 Å². The predicted molar refractivity (Wildman–Crippen MR) is 130 cm³/mol. The van der Waals surface area contributed by atoms with Gasteiger partial charge >= 0.3 is 18.2 Å². The molecule has 1 aromatic carbocycles. The summed E-state index contributed by atoms with van der Waals surface area (Å²) in [6, 6.07) is 16.2. The molecule has 0 saturated carbocycles. The van der Waals surface area contributed by atoms with Crippen LogP contribution in [-0.2, 0) is 4.79 Å². The molecule has 2 N–H and O–H groups in total. The van der Waals surface area contributed by atoms with E-state index < -0.39 is 12.1 Å². The molecule has 0 aliphatic carbocycles. The molecular weight excluding hydrogens is 503 g/mol. The van der Waals surface area contributed by atoms with Gasteiger partial charge in [0.25, 0.3) is 0 Å². The SMILES string of the molecule is O=C(Nc1cccc(C#Cc2cnc3cccnn23)c1)N1N=CCC1c1ccccn1.O=C(O)C(F)(F)F. The summed E-state index contributed by atoms with van der Waals surface area (Å²) in [6.07, 6.45) is 2.36. The van der Waals surface area contributed by atoms with Crippen LogP contribution in [0.15, 0.2) is 78.3 Å². The maximum Gasteiger partial charge on any atom is 0.490 e. The Hall–Kier alpha value is -5.25. The Morgan fingerprint density at radius 2 is 1.84 bits per heavy atom. The standard InChI is InChI=1S/C23H17N7O.C2HF3O2/c31-23(30-21(11-14-27-30)20-7-1-2-12-24-20)28-18-6-3-5-17(15-18)9-10-19-16-25-22-8-4-13-26-29(19)22;3-2(4,5)1(6)7/h1-8,12-16,21H,11H2,(H,28,31);(H,6,7). The third kappa shape index (κ3) is 6.30. The Labute approximate surface area is 213 Å². The third-order valence-electron chi connectivity index (χ3n) is 5.04. The van der Waals surface area contributed by atoms with Gasteiger partial charge in [0.15, 0.2) is 5.65 Å². The van der Waals surface area contributed by atoms with E-state index in [-0.39, 0.29) is 12.1 Å². The van der Waals surface area contributed by atoms with Crippen LogP contribution in [-0.4, -0.2) is 54.1 Å². The molecule has 13 heteroatoms. The lowest BCUT2D eigenvalue weighted by atomic mass is 10.1. The first kappa shape index (κ1) is 25.8. The van der Waals surface area contributed by atoms with Gasteiger partial charge in [-0.25, -0.2) is 24.1 Å². The minimum atomic E-state index is -5.08. The number of imidazole rings is 1. The Morgan fingerprint density at radius 3 is 2.58 bits per heavy atom. The number of hydrogen-bond acceptors (Lipinski definition) is 6. The van der Waals surface area contributed by atoms with E-state index in [4.69, 9.17) is 9.90 Å². The number of fused-ring (bicyclic) bond motifs is 1. The molecule has 0 saturated heterocycles. The lowest BCUT2D eigenvalue weighted by Crippen LogP contribution is -2.31. The Bertz CT molecular complexity index is 1540. The fourth-order valence-electron chi connectivity index (χ4n) is 3.33. The summed E-state index contributed by atoms with van der Waals surface area (Å²) in [5.74, 6) is 3.43. The van der Waals surface area contributed by atoms with Gasteiger partial charge in [-0.2, -0.15) is 23.4 Å². The fourth-order valence-corrected chi connectivity index (χ4v) is 3.33. The van der Waals surface area contributed by atoms with Crippen molar-refractivity contribution < 1.29 is 27.9 Å². The van der Waals surface area contributed by atoms with Crippen molar-refractivity contribution in [2.75, 3.05) is 5.32 Å². The minimum Gasteiger partial charge on any atom is -0.475 e. The number of nitrogens with one attached hydrogen (secondary N) is 1. The van der Waals surface area contributed by atoms with Crippen LogP contribution in [0.4, 0.5) is 23.7 Å². The molecule has 0 bridgehead atoms. The van der Waals surface area contributed by atoms with Crippen LogP contribution in [0.5, 0.6) is 0 Å². The molecule has 2 amide bonds. The van der Waals surface area contributed by atoms with Crippen LogP contribution >= 0.6 is 0 Å². The van der Waals surface area contributed by atoms with Crippen molar-refractivity contribution in [2.24, 2.45) is 5.10 Å². The molecule has 3 aromatic heterocycles. The molecule has 4 aromatic rings. The third-order valence-corrected chi connectivity index (χ3v) is 5.04. The van der Waals surface area contributed by atoms with Crippen molar-refractivity contribution in [1.29, 1.82) is 0 Å². The molecule has 1 unspecified atom stereocenters. The summed E-state index contributed by atoms with van der Waals surface area (Å²) in [7, 11) is 0. The van der Waals surface area contributed by atoms with Gasteiger partial charge < -0.3 is 10.4 Å². The van der Waals surface area contributed by atoms with Crippen LogP contribution in [0.1, 0.15) is 29.4 Å². The smallest absolute Gasteiger partial charge is 0.475 e. The first-order chi connectivity index (χ1) is 18.2. The first-order valence-electron chi connectivity index (χ1n) is 11.0. The number of carbonyl (C=O) groups is 2. The quantitative estimate of drug-likeness (QED) is 0.383. The van der Waals surface area contributed by atoms with Gasteiger partial charge in [-0.15, -0.1) is 0 Å². The molecule has 1 atom stereocenters. The van der Waals surface area contributed by atoms with Crippen molar-refractivity contribution in [3.63, 3.8) is 0 Å². The van der Waals surface area contributed by atoms with Gasteiger partial charge in [0, 0.05) is 36.3 Å². The van der Waals surface area contributed by atoms with E-state index in [0.717, 1.165) is 16.9 Å². The summed E-state index contributed by atoms with van der Waals surface area (Å²) >= 11 is 0. The van der Waals surface area contributed by atoms with E-state index in [0.29, 0.717) is 17.8 Å². The summed E-state index contributed by atoms with van der Waals surface area (Å²) in [6.45, 7) is 0. The number of pyridine rings is 1. The highest BCUT2D eigenvalue weighted by molar-refractivity contribution is 5.91.